The number of halogens is 1. The Labute approximate surface area is 216 Å². The van der Waals surface area contributed by atoms with Gasteiger partial charge in [0, 0.05) is 32.9 Å². The Kier molecular flexibility index (Phi) is 7.50. The molecule has 3 N–H and O–H groups in total. The van der Waals surface area contributed by atoms with Crippen LogP contribution in [0.1, 0.15) is 34.3 Å². The number of carboxylic acids is 1. The summed E-state index contributed by atoms with van der Waals surface area (Å²) in [6, 6.07) is 21.2. The standard InChI is InChI=1S/C27H23IN2O5/c1-16(26(32)33)10-11-29-25(31)17-12-18(28)14-19(13-17)30-27(34)35-15-24-22-8-4-2-6-20(22)21-7-3-5-9-23(21)24/h2-10,12-14,24H,11,15H2,1H3,(H,29,31)(H,30,34)(H,32,33)/b16-10+. The van der Waals surface area contributed by atoms with E-state index in [1.807, 2.05) is 24.3 Å². The Morgan fingerprint density at radius 1 is 1.00 bits per heavy atom. The van der Waals surface area contributed by atoms with Gasteiger partial charge >= 0.3 is 12.1 Å². The van der Waals surface area contributed by atoms with E-state index >= 15 is 0 Å². The largest absolute Gasteiger partial charge is 0.478 e. The first-order chi connectivity index (χ1) is 16.8. The summed E-state index contributed by atoms with van der Waals surface area (Å²) in [5, 5.41) is 14.2. The Morgan fingerprint density at radius 2 is 1.63 bits per heavy atom. The monoisotopic (exact) mass is 582 g/mol. The third kappa shape index (κ3) is 5.71. The Morgan fingerprint density at radius 3 is 2.26 bits per heavy atom. The molecule has 0 unspecified atom stereocenters. The topological polar surface area (TPSA) is 105 Å². The van der Waals surface area contributed by atoms with Crippen LogP contribution in [0.2, 0.25) is 0 Å². The number of anilines is 1. The van der Waals surface area contributed by atoms with Crippen LogP contribution < -0.4 is 10.6 Å². The van der Waals surface area contributed by atoms with Gasteiger partial charge < -0.3 is 15.2 Å². The van der Waals surface area contributed by atoms with Gasteiger partial charge in [0.15, 0.2) is 0 Å². The van der Waals surface area contributed by atoms with Crippen molar-refractivity contribution in [2.75, 3.05) is 18.5 Å². The number of benzene rings is 3. The smallest absolute Gasteiger partial charge is 0.411 e. The lowest BCUT2D eigenvalue weighted by atomic mass is 9.98. The van der Waals surface area contributed by atoms with Crippen molar-refractivity contribution in [1.29, 1.82) is 0 Å². The molecule has 1 aliphatic carbocycles. The fraction of sp³-hybridized carbons (Fsp3) is 0.148. The summed E-state index contributed by atoms with van der Waals surface area (Å²) in [4.78, 5) is 35.9. The van der Waals surface area contributed by atoms with Crippen LogP contribution in [0.5, 0.6) is 0 Å². The number of carboxylic acid groups (broad SMARTS) is 1. The van der Waals surface area contributed by atoms with Crippen LogP contribution >= 0.6 is 22.6 Å². The molecule has 0 spiro atoms. The van der Waals surface area contributed by atoms with Crippen molar-refractivity contribution in [3.05, 3.63) is 98.6 Å². The second kappa shape index (κ2) is 10.7. The maximum atomic E-state index is 12.6. The summed E-state index contributed by atoms with van der Waals surface area (Å²) in [5.41, 5.74) is 5.47. The number of ether oxygens (including phenoxy) is 1. The van der Waals surface area contributed by atoms with Crippen LogP contribution in [0.3, 0.4) is 0 Å². The highest BCUT2D eigenvalue weighted by Gasteiger charge is 2.29. The molecule has 0 fully saturated rings. The molecular weight excluding hydrogens is 559 g/mol. The lowest BCUT2D eigenvalue weighted by molar-refractivity contribution is -0.132. The van der Waals surface area contributed by atoms with Gasteiger partial charge in [0.05, 0.1) is 0 Å². The van der Waals surface area contributed by atoms with E-state index in [-0.39, 0.29) is 30.5 Å². The Hall–Kier alpha value is -3.66. The van der Waals surface area contributed by atoms with Gasteiger partial charge in [0.1, 0.15) is 6.61 Å². The summed E-state index contributed by atoms with van der Waals surface area (Å²) in [6.07, 6.45) is 0.810. The van der Waals surface area contributed by atoms with E-state index in [2.05, 4.69) is 57.5 Å². The molecule has 0 bridgehead atoms. The molecule has 1 aliphatic rings. The van der Waals surface area contributed by atoms with Crippen molar-refractivity contribution in [3.8, 4) is 11.1 Å². The molecule has 7 nitrogen and oxygen atoms in total. The van der Waals surface area contributed by atoms with Gasteiger partial charge in [-0.15, -0.1) is 0 Å². The first-order valence-electron chi connectivity index (χ1n) is 10.9. The number of nitrogens with one attached hydrogen (secondary N) is 2. The second-order valence-corrected chi connectivity index (χ2v) is 9.33. The molecule has 2 amide bonds. The lowest BCUT2D eigenvalue weighted by Crippen LogP contribution is -2.24. The van der Waals surface area contributed by atoms with Crippen LogP contribution in [-0.4, -0.2) is 36.2 Å². The molecule has 3 aromatic carbocycles. The quantitative estimate of drug-likeness (QED) is 0.255. The summed E-state index contributed by atoms with van der Waals surface area (Å²) in [6.45, 7) is 1.72. The SMILES string of the molecule is C/C(=C\CNC(=O)c1cc(I)cc(NC(=O)OCC2c3ccccc3-c3ccccc32)c1)C(=O)O. The number of fused-ring (bicyclic) bond motifs is 3. The first kappa shape index (κ1) is 24.5. The van der Waals surface area contributed by atoms with Crippen molar-refractivity contribution >= 4 is 46.2 Å². The van der Waals surface area contributed by atoms with Crippen LogP contribution in [0.25, 0.3) is 11.1 Å². The van der Waals surface area contributed by atoms with Crippen LogP contribution in [0.15, 0.2) is 78.4 Å². The average molecular weight is 582 g/mol. The summed E-state index contributed by atoms with van der Waals surface area (Å²) < 4.78 is 6.33. The van der Waals surface area contributed by atoms with E-state index in [4.69, 9.17) is 9.84 Å². The molecule has 0 radical (unpaired) electrons. The molecule has 4 rings (SSSR count). The van der Waals surface area contributed by atoms with Gasteiger partial charge in [-0.25, -0.2) is 9.59 Å². The Bertz CT molecular complexity index is 1290. The minimum atomic E-state index is -1.04. The van der Waals surface area contributed by atoms with Crippen molar-refractivity contribution in [1.82, 2.24) is 5.32 Å². The van der Waals surface area contributed by atoms with E-state index in [1.54, 1.807) is 18.2 Å². The number of carbonyl (C=O) groups excluding carboxylic acids is 2. The number of carbonyl (C=O) groups is 3. The van der Waals surface area contributed by atoms with Crippen molar-refractivity contribution in [3.63, 3.8) is 0 Å². The zero-order chi connectivity index (χ0) is 24.9. The number of amides is 2. The molecule has 3 aromatic rings. The van der Waals surface area contributed by atoms with Gasteiger partial charge in [-0.1, -0.05) is 54.6 Å². The zero-order valence-corrected chi connectivity index (χ0v) is 21.0. The lowest BCUT2D eigenvalue weighted by Gasteiger charge is -2.15. The number of hydrogen-bond acceptors (Lipinski definition) is 4. The summed E-state index contributed by atoms with van der Waals surface area (Å²) in [7, 11) is 0. The molecular formula is C27H23IN2O5. The highest BCUT2D eigenvalue weighted by atomic mass is 127. The van der Waals surface area contributed by atoms with Crippen molar-refractivity contribution in [2.45, 2.75) is 12.8 Å². The minimum absolute atomic E-state index is 0.0484. The molecule has 0 aromatic heterocycles. The zero-order valence-electron chi connectivity index (χ0n) is 18.9. The molecule has 0 heterocycles. The van der Waals surface area contributed by atoms with E-state index in [9.17, 15) is 14.4 Å². The fourth-order valence-electron chi connectivity index (χ4n) is 4.03. The van der Waals surface area contributed by atoms with Crippen LogP contribution in [-0.2, 0) is 9.53 Å². The highest BCUT2D eigenvalue weighted by Crippen LogP contribution is 2.44. The van der Waals surface area contributed by atoms with Gasteiger partial charge in [0.25, 0.3) is 5.91 Å². The molecule has 178 valence electrons. The third-order valence-electron chi connectivity index (χ3n) is 5.76. The normalized spacial score (nSPS) is 12.5. The van der Waals surface area contributed by atoms with Gasteiger partial charge in [-0.05, 0) is 70.0 Å². The van der Waals surface area contributed by atoms with E-state index < -0.39 is 12.1 Å². The van der Waals surface area contributed by atoms with Crippen LogP contribution in [0.4, 0.5) is 10.5 Å². The number of hydrogen-bond donors (Lipinski definition) is 3. The molecule has 0 saturated heterocycles. The molecule has 0 aliphatic heterocycles. The van der Waals surface area contributed by atoms with Gasteiger partial charge in [-0.3, -0.25) is 10.1 Å². The molecule has 35 heavy (non-hydrogen) atoms. The molecule has 0 atom stereocenters. The number of aliphatic carboxylic acids is 1. The van der Waals surface area contributed by atoms with Gasteiger partial charge in [-0.2, -0.15) is 0 Å². The van der Waals surface area contributed by atoms with Crippen molar-refractivity contribution < 1.29 is 24.2 Å². The summed E-state index contributed by atoms with van der Waals surface area (Å²) in [5.74, 6) is -1.47. The third-order valence-corrected chi connectivity index (χ3v) is 6.38. The second-order valence-electron chi connectivity index (χ2n) is 8.08. The molecule has 0 saturated carbocycles. The fourth-order valence-corrected chi connectivity index (χ4v) is 4.70. The van der Waals surface area contributed by atoms with Crippen molar-refractivity contribution in [2.24, 2.45) is 0 Å². The minimum Gasteiger partial charge on any atom is -0.478 e. The average Bonchev–Trinajstić information content (AvgIpc) is 3.16. The predicted molar refractivity (Wildman–Crippen MR) is 142 cm³/mol. The predicted octanol–water partition coefficient (Wildman–Crippen LogP) is 5.41. The maximum absolute atomic E-state index is 12.6. The number of rotatable bonds is 7. The molecule has 8 heteroatoms. The van der Waals surface area contributed by atoms with E-state index in [0.29, 0.717) is 11.3 Å². The summed E-state index contributed by atoms with van der Waals surface area (Å²) >= 11 is 2.06. The highest BCUT2D eigenvalue weighted by molar-refractivity contribution is 14.1. The first-order valence-corrected chi connectivity index (χ1v) is 12.0. The maximum Gasteiger partial charge on any atom is 0.411 e. The van der Waals surface area contributed by atoms with E-state index in [1.165, 1.54) is 13.0 Å². The van der Waals surface area contributed by atoms with Gasteiger partial charge in [0.2, 0.25) is 0 Å². The van der Waals surface area contributed by atoms with E-state index in [0.717, 1.165) is 25.8 Å². The van der Waals surface area contributed by atoms with Crippen LogP contribution in [0, 0.1) is 3.57 Å². The Balaban J connectivity index is 1.40.